The Bertz CT molecular complexity index is 924. The van der Waals surface area contributed by atoms with Crippen LogP contribution in [0, 0.1) is 0 Å². The van der Waals surface area contributed by atoms with E-state index in [0.717, 1.165) is 11.8 Å². The topological polar surface area (TPSA) is 138 Å². The minimum absolute atomic E-state index is 0.236. The Kier molecular flexibility index (Phi) is 8.36. The Morgan fingerprint density at radius 1 is 1.12 bits per heavy atom. The molecule has 34 heavy (non-hydrogen) atoms. The van der Waals surface area contributed by atoms with Gasteiger partial charge in [0.25, 0.3) is 0 Å². The highest BCUT2D eigenvalue weighted by molar-refractivity contribution is 5.99. The quantitative estimate of drug-likeness (QED) is 0.385. The SMILES string of the molecule is CC[C@]1(C)NC(=O)[C@H](CCCC=O)NC(=O)[C@H]2CCCN2C(=O)[C@H](Cc2ccncc2)NC1=O. The smallest absolute Gasteiger partial charge is 0.246 e. The molecule has 0 spiro atoms. The van der Waals surface area contributed by atoms with E-state index in [-0.39, 0.29) is 31.6 Å². The third kappa shape index (κ3) is 5.78. The highest BCUT2D eigenvalue weighted by atomic mass is 16.2. The molecule has 4 atom stereocenters. The molecule has 0 aliphatic carbocycles. The molecular formula is C24H33N5O5. The largest absolute Gasteiger partial charge is 0.343 e. The fraction of sp³-hybridized carbons (Fsp3) is 0.583. The van der Waals surface area contributed by atoms with E-state index in [2.05, 4.69) is 20.9 Å². The molecular weight excluding hydrogens is 438 g/mol. The Hall–Kier alpha value is -3.30. The van der Waals surface area contributed by atoms with Crippen LogP contribution in [0.1, 0.15) is 57.9 Å². The van der Waals surface area contributed by atoms with E-state index in [1.165, 1.54) is 4.90 Å². The number of nitrogens with zero attached hydrogens (tertiary/aromatic N) is 2. The van der Waals surface area contributed by atoms with Crippen LogP contribution in [0.2, 0.25) is 0 Å². The van der Waals surface area contributed by atoms with Gasteiger partial charge in [0.1, 0.15) is 30.0 Å². The molecule has 0 aromatic carbocycles. The van der Waals surface area contributed by atoms with Gasteiger partial charge < -0.3 is 25.6 Å². The number of amides is 4. The van der Waals surface area contributed by atoms with Gasteiger partial charge in [0.2, 0.25) is 23.6 Å². The second kappa shape index (κ2) is 11.2. The summed E-state index contributed by atoms with van der Waals surface area (Å²) in [6.07, 6.45) is 6.56. The lowest BCUT2D eigenvalue weighted by Crippen LogP contribution is -2.65. The molecule has 0 unspecified atom stereocenters. The molecule has 4 amide bonds. The fourth-order valence-electron chi connectivity index (χ4n) is 4.38. The van der Waals surface area contributed by atoms with E-state index < -0.39 is 41.4 Å². The first-order chi connectivity index (χ1) is 16.3. The number of rotatable bonds is 7. The molecule has 1 aromatic heterocycles. The number of nitrogens with one attached hydrogen (secondary N) is 3. The van der Waals surface area contributed by atoms with Crippen molar-refractivity contribution < 1.29 is 24.0 Å². The highest BCUT2D eigenvalue weighted by Crippen LogP contribution is 2.22. The lowest BCUT2D eigenvalue weighted by molar-refractivity contribution is -0.144. The Balaban J connectivity index is 1.95. The van der Waals surface area contributed by atoms with Crippen molar-refractivity contribution in [3.8, 4) is 0 Å². The standard InChI is InChI=1S/C24H33N5O5/c1-3-24(2)23(34)27-18(15-16-9-11-25-12-10-16)22(33)29-13-6-8-19(29)21(32)26-17(20(31)28-24)7-4-5-14-30/h9-12,14,17-19H,3-8,13,15H2,1-2H3,(H,26,32)(H,27,34)(H,28,31)/t17-,18-,19+,24-/m0/s1. The number of aromatic nitrogens is 1. The molecule has 10 nitrogen and oxygen atoms in total. The fourth-order valence-corrected chi connectivity index (χ4v) is 4.38. The number of fused-ring (bicyclic) bond motifs is 1. The Morgan fingerprint density at radius 3 is 2.53 bits per heavy atom. The van der Waals surface area contributed by atoms with E-state index >= 15 is 0 Å². The highest BCUT2D eigenvalue weighted by Gasteiger charge is 2.43. The second-order valence-corrected chi connectivity index (χ2v) is 9.11. The van der Waals surface area contributed by atoms with Crippen molar-refractivity contribution in [1.29, 1.82) is 0 Å². The van der Waals surface area contributed by atoms with Crippen molar-refractivity contribution in [2.75, 3.05) is 6.54 Å². The minimum atomic E-state index is -1.29. The van der Waals surface area contributed by atoms with Crippen LogP contribution in [-0.2, 0) is 30.4 Å². The summed E-state index contributed by atoms with van der Waals surface area (Å²) in [5.41, 5.74) is -0.469. The molecule has 2 saturated heterocycles. The van der Waals surface area contributed by atoms with Gasteiger partial charge in [0, 0.05) is 31.8 Å². The summed E-state index contributed by atoms with van der Waals surface area (Å²) in [4.78, 5) is 69.5. The minimum Gasteiger partial charge on any atom is -0.343 e. The summed E-state index contributed by atoms with van der Waals surface area (Å²) in [6, 6.07) is 1.02. The first-order valence-corrected chi connectivity index (χ1v) is 11.9. The predicted octanol–water partition coefficient (Wildman–Crippen LogP) is 0.252. The zero-order valence-corrected chi connectivity index (χ0v) is 19.7. The van der Waals surface area contributed by atoms with E-state index in [4.69, 9.17) is 0 Å². The first-order valence-electron chi connectivity index (χ1n) is 11.9. The molecule has 3 rings (SSSR count). The van der Waals surface area contributed by atoms with E-state index in [9.17, 15) is 24.0 Å². The molecule has 0 radical (unpaired) electrons. The van der Waals surface area contributed by atoms with Crippen LogP contribution in [-0.4, -0.2) is 70.0 Å². The third-order valence-corrected chi connectivity index (χ3v) is 6.69. The maximum atomic E-state index is 13.6. The van der Waals surface area contributed by atoms with Crippen molar-refractivity contribution in [3.05, 3.63) is 30.1 Å². The maximum Gasteiger partial charge on any atom is 0.246 e. The average molecular weight is 472 g/mol. The molecule has 2 fully saturated rings. The van der Waals surface area contributed by atoms with Crippen LogP contribution >= 0.6 is 0 Å². The van der Waals surface area contributed by atoms with Gasteiger partial charge in [0.05, 0.1) is 0 Å². The van der Waals surface area contributed by atoms with Crippen molar-refractivity contribution in [2.24, 2.45) is 0 Å². The van der Waals surface area contributed by atoms with Crippen molar-refractivity contribution in [2.45, 2.75) is 82.5 Å². The van der Waals surface area contributed by atoms with Gasteiger partial charge in [-0.3, -0.25) is 24.2 Å². The molecule has 1 aromatic rings. The molecule has 10 heteroatoms. The van der Waals surface area contributed by atoms with Gasteiger partial charge in [-0.2, -0.15) is 0 Å². The van der Waals surface area contributed by atoms with Crippen molar-refractivity contribution >= 4 is 29.9 Å². The van der Waals surface area contributed by atoms with Crippen LogP contribution in [0.4, 0.5) is 0 Å². The molecule has 0 bridgehead atoms. The van der Waals surface area contributed by atoms with Gasteiger partial charge in [-0.25, -0.2) is 0 Å². The molecule has 3 heterocycles. The summed E-state index contributed by atoms with van der Waals surface area (Å²) in [6.45, 7) is 3.76. The lowest BCUT2D eigenvalue weighted by Gasteiger charge is -2.35. The summed E-state index contributed by atoms with van der Waals surface area (Å²) >= 11 is 0. The number of hydrogen-bond donors (Lipinski definition) is 3. The number of pyridine rings is 1. The number of carbonyl (C=O) groups is 5. The van der Waals surface area contributed by atoms with Crippen LogP contribution in [0.5, 0.6) is 0 Å². The number of unbranched alkanes of at least 4 members (excludes halogenated alkanes) is 1. The van der Waals surface area contributed by atoms with Crippen LogP contribution in [0.3, 0.4) is 0 Å². The maximum absolute atomic E-state index is 13.6. The lowest BCUT2D eigenvalue weighted by atomic mass is 9.94. The predicted molar refractivity (Wildman–Crippen MR) is 123 cm³/mol. The number of hydrogen-bond acceptors (Lipinski definition) is 6. The summed E-state index contributed by atoms with van der Waals surface area (Å²) in [5, 5.41) is 8.40. The number of carbonyl (C=O) groups excluding carboxylic acids is 5. The van der Waals surface area contributed by atoms with Crippen LogP contribution in [0.15, 0.2) is 24.5 Å². The van der Waals surface area contributed by atoms with Gasteiger partial charge in [0.15, 0.2) is 0 Å². The van der Waals surface area contributed by atoms with Crippen LogP contribution in [0.25, 0.3) is 0 Å². The van der Waals surface area contributed by atoms with Gasteiger partial charge >= 0.3 is 0 Å². The van der Waals surface area contributed by atoms with E-state index in [1.54, 1.807) is 38.4 Å². The van der Waals surface area contributed by atoms with E-state index in [1.807, 2.05) is 0 Å². The zero-order valence-electron chi connectivity index (χ0n) is 19.7. The van der Waals surface area contributed by atoms with Crippen LogP contribution < -0.4 is 16.0 Å². The van der Waals surface area contributed by atoms with E-state index in [0.29, 0.717) is 25.8 Å². The monoisotopic (exact) mass is 471 g/mol. The molecule has 2 aliphatic rings. The van der Waals surface area contributed by atoms with Crippen molar-refractivity contribution in [1.82, 2.24) is 25.8 Å². The van der Waals surface area contributed by atoms with Crippen molar-refractivity contribution in [3.63, 3.8) is 0 Å². The summed E-state index contributed by atoms with van der Waals surface area (Å²) in [5.74, 6) is -1.68. The number of aldehydes is 1. The molecule has 0 saturated carbocycles. The third-order valence-electron chi connectivity index (χ3n) is 6.69. The van der Waals surface area contributed by atoms with Gasteiger partial charge in [-0.1, -0.05) is 6.92 Å². The molecule has 2 aliphatic heterocycles. The molecule has 3 N–H and O–H groups in total. The van der Waals surface area contributed by atoms with Gasteiger partial charge in [-0.15, -0.1) is 0 Å². The average Bonchev–Trinajstić information content (AvgIpc) is 3.32. The summed E-state index contributed by atoms with van der Waals surface area (Å²) < 4.78 is 0. The summed E-state index contributed by atoms with van der Waals surface area (Å²) in [7, 11) is 0. The second-order valence-electron chi connectivity index (χ2n) is 9.11. The Morgan fingerprint density at radius 2 is 1.85 bits per heavy atom. The molecule has 184 valence electrons. The van der Waals surface area contributed by atoms with Gasteiger partial charge in [-0.05, 0) is 56.7 Å². The Labute approximate surface area is 199 Å². The zero-order chi connectivity index (χ0) is 24.7. The first kappa shape index (κ1) is 25.3. The normalized spacial score (nSPS) is 28.2.